The van der Waals surface area contributed by atoms with Crippen molar-refractivity contribution < 1.29 is 14.4 Å². The van der Waals surface area contributed by atoms with Crippen LogP contribution in [0.1, 0.15) is 74.7 Å². The molecule has 0 saturated carbocycles. The molecule has 0 aliphatic rings. The lowest BCUT2D eigenvalue weighted by molar-refractivity contribution is -0.125. The molecule has 0 aromatic rings. The number of Topliss-reactive ketones (excluding diaryl/α,β-unsaturated/α-hetero) is 2. The van der Waals surface area contributed by atoms with E-state index in [2.05, 4.69) is 45.6 Å². The molecule has 25 heavy (non-hydrogen) atoms. The molecule has 2 unspecified atom stereocenters. The van der Waals surface area contributed by atoms with Crippen LogP contribution in [0.15, 0.2) is 0 Å². The standard InChI is InChI=1S/C20H37NO3S/c1-13(2)17(23)9-19(5,6)12-20(7,8)10-18(24)21-16(11-25)14(3)15(4)22/h13-14,16,25H,9-12H2,1-8H3,(H,21,24). The lowest BCUT2D eigenvalue weighted by Crippen LogP contribution is -2.44. The normalized spacial score (nSPS) is 15.0. The Bertz CT molecular complexity index is 483. The molecule has 0 aliphatic heterocycles. The van der Waals surface area contributed by atoms with Gasteiger partial charge >= 0.3 is 0 Å². The summed E-state index contributed by atoms with van der Waals surface area (Å²) in [5.74, 6) is 0.465. The molecule has 0 spiro atoms. The van der Waals surface area contributed by atoms with Crippen LogP contribution in [0.4, 0.5) is 0 Å². The molecule has 1 N–H and O–H groups in total. The molecule has 0 heterocycles. The summed E-state index contributed by atoms with van der Waals surface area (Å²) in [6.07, 6.45) is 1.66. The van der Waals surface area contributed by atoms with Crippen LogP contribution >= 0.6 is 12.6 Å². The lowest BCUT2D eigenvalue weighted by Gasteiger charge is -2.35. The van der Waals surface area contributed by atoms with Crippen LogP contribution in [0.3, 0.4) is 0 Å². The van der Waals surface area contributed by atoms with Gasteiger partial charge in [-0.2, -0.15) is 12.6 Å². The number of amides is 1. The average molecular weight is 372 g/mol. The first-order valence-electron chi connectivity index (χ1n) is 9.14. The Hall–Kier alpha value is -0.840. The maximum atomic E-state index is 12.4. The molecule has 0 aromatic heterocycles. The maximum absolute atomic E-state index is 12.4. The largest absolute Gasteiger partial charge is 0.352 e. The number of thiol groups is 1. The predicted octanol–water partition coefficient (Wildman–Crippen LogP) is 4.07. The SMILES string of the molecule is CC(=O)C(C)C(CS)NC(=O)CC(C)(C)CC(C)(C)CC(=O)C(C)C. The van der Waals surface area contributed by atoms with Gasteiger partial charge in [0.05, 0.1) is 0 Å². The topological polar surface area (TPSA) is 63.2 Å². The van der Waals surface area contributed by atoms with Crippen molar-refractivity contribution in [2.24, 2.45) is 22.7 Å². The summed E-state index contributed by atoms with van der Waals surface area (Å²) in [7, 11) is 0. The quantitative estimate of drug-likeness (QED) is 0.538. The van der Waals surface area contributed by atoms with Crippen molar-refractivity contribution in [3.05, 3.63) is 0 Å². The summed E-state index contributed by atoms with van der Waals surface area (Å²) in [6.45, 7) is 15.5. The highest BCUT2D eigenvalue weighted by atomic mass is 32.1. The van der Waals surface area contributed by atoms with Gasteiger partial charge in [-0.25, -0.2) is 0 Å². The first-order valence-corrected chi connectivity index (χ1v) is 9.77. The number of nitrogens with one attached hydrogen (secondary N) is 1. The van der Waals surface area contributed by atoms with Gasteiger partial charge in [-0.1, -0.05) is 48.5 Å². The van der Waals surface area contributed by atoms with Gasteiger partial charge in [0.15, 0.2) is 0 Å². The number of hydrogen-bond donors (Lipinski definition) is 2. The third kappa shape index (κ3) is 9.43. The molecule has 5 heteroatoms. The second-order valence-electron chi connectivity index (χ2n) is 9.24. The number of carbonyl (C=O) groups is 3. The Morgan fingerprint density at radius 1 is 0.960 bits per heavy atom. The Kier molecular flexibility index (Phi) is 9.42. The molecule has 0 aliphatic carbocycles. The van der Waals surface area contributed by atoms with Crippen LogP contribution in [0.25, 0.3) is 0 Å². The molecule has 0 saturated heterocycles. The second kappa shape index (κ2) is 9.75. The van der Waals surface area contributed by atoms with Crippen molar-refractivity contribution in [1.29, 1.82) is 0 Å². The van der Waals surface area contributed by atoms with E-state index in [1.54, 1.807) is 0 Å². The van der Waals surface area contributed by atoms with E-state index in [1.165, 1.54) is 6.92 Å². The third-order valence-corrected chi connectivity index (χ3v) is 5.07. The van der Waals surface area contributed by atoms with Gasteiger partial charge in [0.25, 0.3) is 0 Å². The fourth-order valence-corrected chi connectivity index (χ4v) is 3.81. The zero-order valence-corrected chi connectivity index (χ0v) is 18.1. The van der Waals surface area contributed by atoms with Crippen LogP contribution in [0.5, 0.6) is 0 Å². The highest BCUT2D eigenvalue weighted by molar-refractivity contribution is 7.80. The third-order valence-electron chi connectivity index (χ3n) is 4.68. The monoisotopic (exact) mass is 371 g/mol. The van der Waals surface area contributed by atoms with Gasteiger partial charge in [-0.3, -0.25) is 14.4 Å². The fourth-order valence-electron chi connectivity index (χ4n) is 3.40. The average Bonchev–Trinajstić information content (AvgIpc) is 2.40. The Balaban J connectivity index is 4.81. The molecule has 0 aromatic carbocycles. The molecule has 4 nitrogen and oxygen atoms in total. The van der Waals surface area contributed by atoms with E-state index >= 15 is 0 Å². The summed E-state index contributed by atoms with van der Waals surface area (Å²) in [5, 5.41) is 2.95. The zero-order valence-electron chi connectivity index (χ0n) is 17.2. The van der Waals surface area contributed by atoms with E-state index < -0.39 is 0 Å². The first kappa shape index (κ1) is 24.2. The Labute approximate surface area is 159 Å². The zero-order chi connectivity index (χ0) is 20.0. The van der Waals surface area contributed by atoms with Crippen molar-refractivity contribution in [2.45, 2.75) is 80.7 Å². The number of ketones is 2. The minimum absolute atomic E-state index is 0.0369. The Morgan fingerprint density at radius 3 is 1.84 bits per heavy atom. The van der Waals surface area contributed by atoms with Crippen molar-refractivity contribution >= 4 is 30.1 Å². The van der Waals surface area contributed by atoms with E-state index in [0.717, 1.165) is 6.42 Å². The summed E-state index contributed by atoms with van der Waals surface area (Å²) in [4.78, 5) is 36.1. The second-order valence-corrected chi connectivity index (χ2v) is 9.60. The molecule has 0 fully saturated rings. The fraction of sp³-hybridized carbons (Fsp3) is 0.850. The van der Waals surface area contributed by atoms with Crippen molar-refractivity contribution in [2.75, 3.05) is 5.75 Å². The van der Waals surface area contributed by atoms with Crippen LogP contribution < -0.4 is 5.32 Å². The molecule has 0 rings (SSSR count). The molecule has 0 bridgehead atoms. The molecule has 0 radical (unpaired) electrons. The highest BCUT2D eigenvalue weighted by Gasteiger charge is 2.33. The number of hydrogen-bond acceptors (Lipinski definition) is 4. The molecule has 1 amide bonds. The van der Waals surface area contributed by atoms with Crippen LogP contribution in [0.2, 0.25) is 0 Å². The highest BCUT2D eigenvalue weighted by Crippen LogP contribution is 2.39. The molecular weight excluding hydrogens is 334 g/mol. The minimum atomic E-state index is -0.250. The van der Waals surface area contributed by atoms with Gasteiger partial charge in [0.2, 0.25) is 5.91 Å². The molecule has 2 atom stereocenters. The van der Waals surface area contributed by atoms with E-state index in [9.17, 15) is 14.4 Å². The van der Waals surface area contributed by atoms with Crippen LogP contribution in [-0.4, -0.2) is 29.3 Å². The van der Waals surface area contributed by atoms with Gasteiger partial charge < -0.3 is 5.32 Å². The first-order chi connectivity index (χ1) is 11.2. The maximum Gasteiger partial charge on any atom is 0.220 e. The lowest BCUT2D eigenvalue weighted by atomic mass is 9.70. The van der Waals surface area contributed by atoms with E-state index in [-0.39, 0.29) is 46.2 Å². The van der Waals surface area contributed by atoms with Gasteiger partial charge in [-0.15, -0.1) is 0 Å². The minimum Gasteiger partial charge on any atom is -0.352 e. The summed E-state index contributed by atoms with van der Waals surface area (Å²) in [5.41, 5.74) is -0.383. The van der Waals surface area contributed by atoms with E-state index in [1.807, 2.05) is 20.8 Å². The Morgan fingerprint density at radius 2 is 1.44 bits per heavy atom. The van der Waals surface area contributed by atoms with Crippen LogP contribution in [-0.2, 0) is 14.4 Å². The summed E-state index contributed by atoms with van der Waals surface area (Å²) < 4.78 is 0. The number of carbonyl (C=O) groups excluding carboxylic acids is 3. The summed E-state index contributed by atoms with van der Waals surface area (Å²) >= 11 is 4.26. The molecular formula is C20H37NO3S. The van der Waals surface area contributed by atoms with Gasteiger partial charge in [-0.05, 0) is 24.2 Å². The van der Waals surface area contributed by atoms with Crippen LogP contribution in [0, 0.1) is 22.7 Å². The van der Waals surface area contributed by atoms with Gasteiger partial charge in [0, 0.05) is 36.5 Å². The number of rotatable bonds is 11. The van der Waals surface area contributed by atoms with Crippen molar-refractivity contribution in [1.82, 2.24) is 5.32 Å². The van der Waals surface area contributed by atoms with Crippen molar-refractivity contribution in [3.8, 4) is 0 Å². The van der Waals surface area contributed by atoms with E-state index in [0.29, 0.717) is 18.6 Å². The van der Waals surface area contributed by atoms with Gasteiger partial charge in [0.1, 0.15) is 11.6 Å². The molecule has 146 valence electrons. The summed E-state index contributed by atoms with van der Waals surface area (Å²) in [6, 6.07) is -0.250. The smallest absolute Gasteiger partial charge is 0.220 e. The predicted molar refractivity (Wildman–Crippen MR) is 107 cm³/mol. The van der Waals surface area contributed by atoms with E-state index in [4.69, 9.17) is 0 Å². The van der Waals surface area contributed by atoms with Crippen molar-refractivity contribution in [3.63, 3.8) is 0 Å².